The smallest absolute Gasteiger partial charge is 0.135 e. The number of hydrogen-bond acceptors (Lipinski definition) is 1. The Bertz CT molecular complexity index is 2640. The largest absolute Gasteiger partial charge is 0.456 e. The second-order valence-corrected chi connectivity index (χ2v) is 13.9. The Labute approximate surface area is 285 Å². The molecule has 1 atom stereocenters. The minimum Gasteiger partial charge on any atom is -0.456 e. The minimum absolute atomic E-state index is 0.265. The van der Waals surface area contributed by atoms with Gasteiger partial charge >= 0.3 is 0 Å². The lowest BCUT2D eigenvalue weighted by Crippen LogP contribution is -2.28. The fraction of sp³-hybridized carbons (Fsp3) is 0.0833. The molecule has 0 aliphatic heterocycles. The number of rotatable bonds is 3. The van der Waals surface area contributed by atoms with Gasteiger partial charge in [0.25, 0.3) is 0 Å². The molecule has 0 spiro atoms. The first-order valence-corrected chi connectivity index (χ1v) is 17.4. The second-order valence-electron chi connectivity index (χ2n) is 13.9. The monoisotopic (exact) mass is 624 g/mol. The summed E-state index contributed by atoms with van der Waals surface area (Å²) in [7, 11) is 0. The van der Waals surface area contributed by atoms with E-state index in [4.69, 9.17) is 4.42 Å². The third-order valence-electron chi connectivity index (χ3n) is 11.6. The average molecular weight is 625 g/mol. The molecule has 0 radical (unpaired) electrons. The SMILES string of the molecule is C1=C([C@@H]2c3ccccc3-c3cc(C4(c5ccc6oc7ccccc7c6c5)c5ccccc5-c5ccccc54)ccc32)CCc2ccccc21. The fourth-order valence-corrected chi connectivity index (χ4v) is 9.50. The summed E-state index contributed by atoms with van der Waals surface area (Å²) in [5.74, 6) is 0.265. The third-order valence-corrected chi connectivity index (χ3v) is 11.6. The summed E-state index contributed by atoms with van der Waals surface area (Å²) in [6.07, 6.45) is 4.65. The Morgan fingerprint density at radius 3 is 1.96 bits per heavy atom. The molecule has 8 aromatic rings. The first-order valence-electron chi connectivity index (χ1n) is 17.4. The van der Waals surface area contributed by atoms with Gasteiger partial charge in [-0.1, -0.05) is 145 Å². The number of furan rings is 1. The van der Waals surface area contributed by atoms with Crippen molar-refractivity contribution < 1.29 is 4.42 Å². The van der Waals surface area contributed by atoms with E-state index in [0.29, 0.717) is 0 Å². The molecule has 3 aliphatic rings. The van der Waals surface area contributed by atoms with Crippen LogP contribution in [0, 0.1) is 0 Å². The molecule has 49 heavy (non-hydrogen) atoms. The molecule has 1 nitrogen and oxygen atoms in total. The molecule has 1 heterocycles. The maximum atomic E-state index is 6.33. The van der Waals surface area contributed by atoms with Crippen molar-refractivity contribution in [2.24, 2.45) is 0 Å². The van der Waals surface area contributed by atoms with Crippen LogP contribution in [0.1, 0.15) is 56.8 Å². The van der Waals surface area contributed by atoms with Crippen LogP contribution in [0.4, 0.5) is 0 Å². The van der Waals surface area contributed by atoms with Crippen LogP contribution in [0.3, 0.4) is 0 Å². The highest BCUT2D eigenvalue weighted by Crippen LogP contribution is 2.58. The summed E-state index contributed by atoms with van der Waals surface area (Å²) in [6.45, 7) is 0. The molecule has 0 unspecified atom stereocenters. The molecule has 0 N–H and O–H groups in total. The van der Waals surface area contributed by atoms with Crippen LogP contribution in [0.15, 0.2) is 168 Å². The number of fused-ring (bicyclic) bond motifs is 10. The number of hydrogen-bond donors (Lipinski definition) is 0. The van der Waals surface area contributed by atoms with Gasteiger partial charge in [0.2, 0.25) is 0 Å². The minimum atomic E-state index is -0.495. The lowest BCUT2D eigenvalue weighted by atomic mass is 9.67. The lowest BCUT2D eigenvalue weighted by Gasteiger charge is -2.34. The maximum absolute atomic E-state index is 6.33. The molecule has 0 fully saturated rings. The van der Waals surface area contributed by atoms with E-state index in [0.717, 1.165) is 34.8 Å². The summed E-state index contributed by atoms with van der Waals surface area (Å²) < 4.78 is 6.33. The Morgan fingerprint density at radius 2 is 1.10 bits per heavy atom. The van der Waals surface area contributed by atoms with Crippen LogP contribution >= 0.6 is 0 Å². The van der Waals surface area contributed by atoms with Gasteiger partial charge in [-0.15, -0.1) is 0 Å². The van der Waals surface area contributed by atoms with Gasteiger partial charge in [-0.25, -0.2) is 0 Å². The molecule has 1 heteroatoms. The van der Waals surface area contributed by atoms with Crippen LogP contribution in [-0.2, 0) is 11.8 Å². The van der Waals surface area contributed by atoms with Crippen molar-refractivity contribution in [3.8, 4) is 22.3 Å². The molecule has 7 aromatic carbocycles. The van der Waals surface area contributed by atoms with Gasteiger partial charge in [0, 0.05) is 16.7 Å². The van der Waals surface area contributed by atoms with Gasteiger partial charge in [-0.3, -0.25) is 0 Å². The van der Waals surface area contributed by atoms with Crippen molar-refractivity contribution >= 4 is 28.0 Å². The van der Waals surface area contributed by atoms with Gasteiger partial charge in [0.05, 0.1) is 5.41 Å². The highest BCUT2D eigenvalue weighted by molar-refractivity contribution is 6.05. The van der Waals surface area contributed by atoms with E-state index in [2.05, 4.69) is 158 Å². The number of benzene rings is 7. The van der Waals surface area contributed by atoms with Crippen molar-refractivity contribution in [3.05, 3.63) is 208 Å². The van der Waals surface area contributed by atoms with Crippen LogP contribution < -0.4 is 0 Å². The molecule has 230 valence electrons. The second kappa shape index (κ2) is 10.0. The van der Waals surface area contributed by atoms with E-state index in [-0.39, 0.29) is 5.92 Å². The zero-order valence-electron chi connectivity index (χ0n) is 27.0. The quantitative estimate of drug-likeness (QED) is 0.191. The number of aryl methyl sites for hydroxylation is 1. The van der Waals surface area contributed by atoms with E-state index in [1.165, 1.54) is 72.3 Å². The maximum Gasteiger partial charge on any atom is 0.135 e. The highest BCUT2D eigenvalue weighted by Gasteiger charge is 2.47. The average Bonchev–Trinajstić information content (AvgIpc) is 3.81. The number of para-hydroxylation sites is 1. The number of allylic oxidation sites excluding steroid dienone is 1. The summed E-state index contributed by atoms with van der Waals surface area (Å²) in [4.78, 5) is 0. The van der Waals surface area contributed by atoms with E-state index >= 15 is 0 Å². The van der Waals surface area contributed by atoms with Gasteiger partial charge in [-0.2, -0.15) is 0 Å². The van der Waals surface area contributed by atoms with Crippen molar-refractivity contribution in [1.29, 1.82) is 0 Å². The van der Waals surface area contributed by atoms with Crippen molar-refractivity contribution in [1.82, 2.24) is 0 Å². The molecule has 0 saturated heterocycles. The molecule has 3 aliphatic carbocycles. The molecule has 0 saturated carbocycles. The molecule has 11 rings (SSSR count). The Morgan fingerprint density at radius 1 is 0.469 bits per heavy atom. The summed E-state index contributed by atoms with van der Waals surface area (Å²) >= 11 is 0. The highest BCUT2D eigenvalue weighted by atomic mass is 16.3. The van der Waals surface area contributed by atoms with E-state index in [9.17, 15) is 0 Å². The van der Waals surface area contributed by atoms with Crippen LogP contribution in [0.5, 0.6) is 0 Å². The van der Waals surface area contributed by atoms with Crippen molar-refractivity contribution in [3.63, 3.8) is 0 Å². The van der Waals surface area contributed by atoms with Crippen LogP contribution in [-0.4, -0.2) is 0 Å². The van der Waals surface area contributed by atoms with Crippen LogP contribution in [0.2, 0.25) is 0 Å². The predicted molar refractivity (Wildman–Crippen MR) is 201 cm³/mol. The zero-order chi connectivity index (χ0) is 32.1. The van der Waals surface area contributed by atoms with E-state index < -0.39 is 5.41 Å². The van der Waals surface area contributed by atoms with Gasteiger partial charge < -0.3 is 4.42 Å². The summed E-state index contributed by atoms with van der Waals surface area (Å²) in [6, 6.07) is 58.8. The van der Waals surface area contributed by atoms with Gasteiger partial charge in [0.1, 0.15) is 11.2 Å². The first kappa shape index (κ1) is 27.1. The van der Waals surface area contributed by atoms with Crippen LogP contribution in [0.25, 0.3) is 50.3 Å². The topological polar surface area (TPSA) is 13.1 Å². The fourth-order valence-electron chi connectivity index (χ4n) is 9.50. The summed E-state index contributed by atoms with van der Waals surface area (Å²) in [5.41, 5.74) is 19.1. The third kappa shape index (κ3) is 3.65. The Kier molecular flexibility index (Phi) is 5.55. The van der Waals surface area contributed by atoms with Gasteiger partial charge in [-0.05, 0) is 104 Å². The molecule has 1 aromatic heterocycles. The first-order chi connectivity index (χ1) is 24.3. The van der Waals surface area contributed by atoms with Crippen molar-refractivity contribution in [2.75, 3.05) is 0 Å². The normalized spacial score (nSPS) is 16.5. The lowest BCUT2D eigenvalue weighted by molar-refractivity contribution is 0.668. The molecular weight excluding hydrogens is 593 g/mol. The zero-order valence-corrected chi connectivity index (χ0v) is 27.0. The van der Waals surface area contributed by atoms with E-state index in [1.807, 2.05) is 6.07 Å². The summed E-state index contributed by atoms with van der Waals surface area (Å²) in [5, 5.41) is 2.31. The standard InChI is InChI=1S/C48H32O/c1-2-12-31-27-32(22-21-30(31)11-1)47-39-17-4-3-13-35(39)41-28-33(23-25-40(41)47)48(43-18-8-5-14-36(43)37-15-6-9-19-44(37)48)34-24-26-46-42(29-34)38-16-7-10-20-45(38)49-46/h1-20,23-29,47H,21-22H2/t47-/m1/s1. The Hall–Kier alpha value is -5.92. The Balaban J connectivity index is 1.19. The van der Waals surface area contributed by atoms with E-state index in [1.54, 1.807) is 0 Å². The molecular formula is C48H32O. The molecule has 0 amide bonds. The van der Waals surface area contributed by atoms with Crippen molar-refractivity contribution in [2.45, 2.75) is 24.2 Å². The van der Waals surface area contributed by atoms with Gasteiger partial charge in [0.15, 0.2) is 0 Å². The predicted octanol–water partition coefficient (Wildman–Crippen LogP) is 12.1. The molecule has 0 bridgehead atoms.